The quantitative estimate of drug-likeness (QED) is 0.438. The molecule has 0 heterocycles. The Bertz CT molecular complexity index is 191. The lowest BCUT2D eigenvalue weighted by molar-refractivity contribution is -0.120. The van der Waals surface area contributed by atoms with E-state index >= 15 is 0 Å². The second-order valence-electron chi connectivity index (χ2n) is 3.40. The lowest BCUT2D eigenvalue weighted by atomic mass is 10.4. The molecule has 0 spiro atoms. The van der Waals surface area contributed by atoms with Gasteiger partial charge in [0.2, 0.25) is 5.91 Å². The summed E-state index contributed by atoms with van der Waals surface area (Å²) in [6.07, 6.45) is 4.65. The van der Waals surface area contributed by atoms with Gasteiger partial charge in [0, 0.05) is 12.6 Å². The first-order chi connectivity index (χ1) is 6.83. The predicted molar refractivity (Wildman–Crippen MR) is 54.8 cm³/mol. The Kier molecular flexibility index (Phi) is 5.07. The number of nitrogens with one attached hydrogen (secondary N) is 2. The maximum absolute atomic E-state index is 11.2. The summed E-state index contributed by atoms with van der Waals surface area (Å²) in [6.45, 7) is 5.14. The van der Waals surface area contributed by atoms with Crippen LogP contribution in [-0.4, -0.2) is 31.6 Å². The van der Waals surface area contributed by atoms with E-state index in [2.05, 4.69) is 17.2 Å². The number of hydrogen-bond donors (Lipinski definition) is 2. The highest BCUT2D eigenvalue weighted by molar-refractivity contribution is 5.77. The van der Waals surface area contributed by atoms with Gasteiger partial charge in [-0.15, -0.1) is 0 Å². The lowest BCUT2D eigenvalue weighted by Gasteiger charge is -2.05. The summed E-state index contributed by atoms with van der Waals surface area (Å²) in [7, 11) is 0. The molecule has 1 saturated carbocycles. The highest BCUT2D eigenvalue weighted by atomic mass is 16.5. The summed E-state index contributed by atoms with van der Waals surface area (Å²) in [6, 6.07) is 0.588. The van der Waals surface area contributed by atoms with Crippen LogP contribution in [0.4, 0.5) is 0 Å². The second kappa shape index (κ2) is 6.43. The van der Waals surface area contributed by atoms with Gasteiger partial charge in [-0.3, -0.25) is 4.79 Å². The zero-order valence-corrected chi connectivity index (χ0v) is 8.42. The van der Waals surface area contributed by atoms with E-state index in [9.17, 15) is 4.79 Å². The SMILES string of the molecule is C=COCCCNC(=O)CNC1CC1. The van der Waals surface area contributed by atoms with E-state index < -0.39 is 0 Å². The van der Waals surface area contributed by atoms with Crippen molar-refractivity contribution < 1.29 is 9.53 Å². The smallest absolute Gasteiger partial charge is 0.233 e. The van der Waals surface area contributed by atoms with Crippen LogP contribution in [0.3, 0.4) is 0 Å². The molecule has 14 heavy (non-hydrogen) atoms. The van der Waals surface area contributed by atoms with Crippen molar-refractivity contribution in [1.82, 2.24) is 10.6 Å². The Morgan fingerprint density at radius 3 is 3.00 bits per heavy atom. The monoisotopic (exact) mass is 198 g/mol. The third kappa shape index (κ3) is 5.59. The third-order valence-corrected chi connectivity index (χ3v) is 2.01. The van der Waals surface area contributed by atoms with Crippen LogP contribution in [0.15, 0.2) is 12.8 Å². The molecule has 2 N–H and O–H groups in total. The van der Waals surface area contributed by atoms with Gasteiger partial charge in [0.25, 0.3) is 0 Å². The normalized spacial score (nSPS) is 14.9. The van der Waals surface area contributed by atoms with Crippen LogP contribution in [0.1, 0.15) is 19.3 Å². The number of rotatable bonds is 8. The number of carbonyl (C=O) groups is 1. The second-order valence-corrected chi connectivity index (χ2v) is 3.40. The number of amides is 1. The van der Waals surface area contributed by atoms with Gasteiger partial charge in [0.15, 0.2) is 0 Å². The molecule has 0 aromatic rings. The fraction of sp³-hybridized carbons (Fsp3) is 0.700. The van der Waals surface area contributed by atoms with E-state index in [1.54, 1.807) is 0 Å². The minimum Gasteiger partial charge on any atom is -0.502 e. The first kappa shape index (κ1) is 11.0. The molecule has 0 bridgehead atoms. The first-order valence-corrected chi connectivity index (χ1v) is 5.05. The van der Waals surface area contributed by atoms with E-state index in [1.807, 2.05) is 0 Å². The molecule has 4 nitrogen and oxygen atoms in total. The topological polar surface area (TPSA) is 50.4 Å². The van der Waals surface area contributed by atoms with Gasteiger partial charge in [-0.05, 0) is 19.3 Å². The van der Waals surface area contributed by atoms with Crippen LogP contribution in [0.5, 0.6) is 0 Å². The van der Waals surface area contributed by atoms with Crippen molar-refractivity contribution in [2.75, 3.05) is 19.7 Å². The molecule has 1 fully saturated rings. The Morgan fingerprint density at radius 1 is 1.57 bits per heavy atom. The molecule has 1 rings (SSSR count). The highest BCUT2D eigenvalue weighted by Crippen LogP contribution is 2.17. The predicted octanol–water partition coefficient (Wildman–Crippen LogP) is 0.405. The molecule has 0 radical (unpaired) electrons. The highest BCUT2D eigenvalue weighted by Gasteiger charge is 2.20. The Labute approximate surface area is 84.7 Å². The van der Waals surface area contributed by atoms with Crippen LogP contribution in [0, 0.1) is 0 Å². The fourth-order valence-corrected chi connectivity index (χ4v) is 1.05. The van der Waals surface area contributed by atoms with Crippen LogP contribution in [-0.2, 0) is 9.53 Å². The molecule has 0 aromatic carbocycles. The Hall–Kier alpha value is -1.03. The van der Waals surface area contributed by atoms with Crippen molar-refractivity contribution in [3.63, 3.8) is 0 Å². The molecule has 1 amide bonds. The average Bonchev–Trinajstić information content (AvgIpc) is 2.98. The van der Waals surface area contributed by atoms with Gasteiger partial charge in [0.1, 0.15) is 0 Å². The standard InChI is InChI=1S/C10H18N2O2/c1-2-14-7-3-6-11-10(13)8-12-9-4-5-9/h2,9,12H,1,3-8H2,(H,11,13). The van der Waals surface area contributed by atoms with Gasteiger partial charge < -0.3 is 15.4 Å². The molecule has 0 saturated heterocycles. The number of hydrogen-bond acceptors (Lipinski definition) is 3. The van der Waals surface area contributed by atoms with E-state index in [1.165, 1.54) is 19.1 Å². The van der Waals surface area contributed by atoms with Crippen molar-refractivity contribution in [2.45, 2.75) is 25.3 Å². The van der Waals surface area contributed by atoms with Crippen molar-refractivity contribution in [2.24, 2.45) is 0 Å². The van der Waals surface area contributed by atoms with Crippen LogP contribution in [0.25, 0.3) is 0 Å². The van der Waals surface area contributed by atoms with Gasteiger partial charge in [0.05, 0.1) is 19.4 Å². The van der Waals surface area contributed by atoms with Crippen molar-refractivity contribution in [1.29, 1.82) is 0 Å². The molecule has 1 aliphatic rings. The molecule has 80 valence electrons. The minimum atomic E-state index is 0.0653. The van der Waals surface area contributed by atoms with E-state index in [0.717, 1.165) is 6.42 Å². The molecule has 0 aromatic heterocycles. The first-order valence-electron chi connectivity index (χ1n) is 5.05. The van der Waals surface area contributed by atoms with E-state index in [-0.39, 0.29) is 5.91 Å². The summed E-state index contributed by atoms with van der Waals surface area (Å²) in [5.41, 5.74) is 0. The average molecular weight is 198 g/mol. The minimum absolute atomic E-state index is 0.0653. The van der Waals surface area contributed by atoms with Crippen molar-refractivity contribution in [3.05, 3.63) is 12.8 Å². The van der Waals surface area contributed by atoms with Crippen molar-refractivity contribution >= 4 is 5.91 Å². The van der Waals surface area contributed by atoms with Gasteiger partial charge in [-0.25, -0.2) is 0 Å². The van der Waals surface area contributed by atoms with Gasteiger partial charge in [-0.2, -0.15) is 0 Å². The maximum atomic E-state index is 11.2. The molecular formula is C10H18N2O2. The molecular weight excluding hydrogens is 180 g/mol. The molecule has 1 aliphatic carbocycles. The van der Waals surface area contributed by atoms with Crippen LogP contribution in [0.2, 0.25) is 0 Å². The zero-order chi connectivity index (χ0) is 10.2. The van der Waals surface area contributed by atoms with Crippen LogP contribution >= 0.6 is 0 Å². The summed E-state index contributed by atoms with van der Waals surface area (Å²) in [5.74, 6) is 0.0653. The molecule has 0 aliphatic heterocycles. The fourth-order valence-electron chi connectivity index (χ4n) is 1.05. The largest absolute Gasteiger partial charge is 0.502 e. The summed E-state index contributed by atoms with van der Waals surface area (Å²) in [4.78, 5) is 11.2. The molecule has 4 heteroatoms. The molecule has 0 unspecified atom stereocenters. The van der Waals surface area contributed by atoms with E-state index in [4.69, 9.17) is 4.74 Å². The third-order valence-electron chi connectivity index (χ3n) is 2.01. The Morgan fingerprint density at radius 2 is 2.36 bits per heavy atom. The maximum Gasteiger partial charge on any atom is 0.233 e. The summed E-state index contributed by atoms with van der Waals surface area (Å²) < 4.78 is 4.92. The number of ether oxygens (including phenoxy) is 1. The van der Waals surface area contributed by atoms with Gasteiger partial charge in [-0.1, -0.05) is 6.58 Å². The number of carbonyl (C=O) groups excluding carboxylic acids is 1. The summed E-state index contributed by atoms with van der Waals surface area (Å²) in [5, 5.41) is 5.96. The van der Waals surface area contributed by atoms with Crippen molar-refractivity contribution in [3.8, 4) is 0 Å². The van der Waals surface area contributed by atoms with Gasteiger partial charge >= 0.3 is 0 Å². The summed E-state index contributed by atoms with van der Waals surface area (Å²) >= 11 is 0. The Balaban J connectivity index is 1.84. The van der Waals surface area contributed by atoms with Crippen LogP contribution < -0.4 is 10.6 Å². The molecule has 0 atom stereocenters. The lowest BCUT2D eigenvalue weighted by Crippen LogP contribution is -2.35. The van der Waals surface area contributed by atoms with E-state index in [0.29, 0.717) is 25.7 Å². The zero-order valence-electron chi connectivity index (χ0n) is 8.42.